The smallest absolute Gasteiger partial charge is 0.137 e. The molecule has 0 saturated carbocycles. The van der Waals surface area contributed by atoms with Gasteiger partial charge in [-0.3, -0.25) is 4.98 Å². The Morgan fingerprint density at radius 1 is 1.06 bits per heavy atom. The summed E-state index contributed by atoms with van der Waals surface area (Å²) in [6.07, 6.45) is 5.78. The first-order valence-electron chi connectivity index (χ1n) is 5.70. The molecule has 2 rings (SSSR count). The number of nitrogens with zero attached hydrogens (tertiary/aromatic N) is 1. The normalized spacial score (nSPS) is 10.6. The topological polar surface area (TPSA) is 22.1 Å². The van der Waals surface area contributed by atoms with Crippen LogP contribution in [-0.4, -0.2) is 11.6 Å². The molecule has 2 heteroatoms. The molecule has 0 saturated heterocycles. The SMILES string of the molecule is CCOc1ccc(/C=C/c2ccccc2)nc1. The molecule has 2 nitrogen and oxygen atoms in total. The summed E-state index contributed by atoms with van der Waals surface area (Å²) < 4.78 is 5.34. The van der Waals surface area contributed by atoms with E-state index in [1.54, 1.807) is 6.20 Å². The van der Waals surface area contributed by atoms with Crippen LogP contribution in [0.3, 0.4) is 0 Å². The van der Waals surface area contributed by atoms with Gasteiger partial charge in [-0.25, -0.2) is 0 Å². The minimum Gasteiger partial charge on any atom is -0.492 e. The quantitative estimate of drug-likeness (QED) is 0.792. The lowest BCUT2D eigenvalue weighted by Crippen LogP contribution is -1.92. The Balaban J connectivity index is 2.06. The molecular weight excluding hydrogens is 210 g/mol. The molecule has 1 aromatic heterocycles. The van der Waals surface area contributed by atoms with Gasteiger partial charge >= 0.3 is 0 Å². The minimum atomic E-state index is 0.668. The van der Waals surface area contributed by atoms with Gasteiger partial charge in [0.15, 0.2) is 0 Å². The van der Waals surface area contributed by atoms with E-state index in [1.165, 1.54) is 5.56 Å². The second-order valence-corrected chi connectivity index (χ2v) is 3.60. The van der Waals surface area contributed by atoms with Gasteiger partial charge in [-0.05, 0) is 30.7 Å². The monoisotopic (exact) mass is 225 g/mol. The number of benzene rings is 1. The average molecular weight is 225 g/mol. The van der Waals surface area contributed by atoms with E-state index < -0.39 is 0 Å². The molecule has 2 aromatic rings. The summed E-state index contributed by atoms with van der Waals surface area (Å²) >= 11 is 0. The Kier molecular flexibility index (Phi) is 3.92. The summed E-state index contributed by atoms with van der Waals surface area (Å²) in [6, 6.07) is 14.0. The van der Waals surface area contributed by atoms with Crippen LogP contribution in [0.4, 0.5) is 0 Å². The zero-order valence-electron chi connectivity index (χ0n) is 9.84. The molecular formula is C15H15NO. The molecule has 0 bridgehead atoms. The van der Waals surface area contributed by atoms with Gasteiger partial charge in [-0.15, -0.1) is 0 Å². The van der Waals surface area contributed by atoms with Gasteiger partial charge in [0.25, 0.3) is 0 Å². The van der Waals surface area contributed by atoms with E-state index in [2.05, 4.69) is 17.1 Å². The van der Waals surface area contributed by atoms with Gasteiger partial charge in [-0.1, -0.05) is 36.4 Å². The largest absolute Gasteiger partial charge is 0.492 e. The van der Waals surface area contributed by atoms with E-state index in [0.717, 1.165) is 11.4 Å². The summed E-state index contributed by atoms with van der Waals surface area (Å²) in [7, 11) is 0. The van der Waals surface area contributed by atoms with Crippen LogP contribution in [0.15, 0.2) is 48.7 Å². The molecule has 1 heterocycles. The molecule has 0 atom stereocenters. The first kappa shape index (κ1) is 11.4. The molecule has 0 aliphatic heterocycles. The van der Waals surface area contributed by atoms with Crippen LogP contribution in [0, 0.1) is 0 Å². The van der Waals surface area contributed by atoms with Crippen LogP contribution in [0.1, 0.15) is 18.2 Å². The molecule has 0 spiro atoms. The van der Waals surface area contributed by atoms with Gasteiger partial charge in [0.2, 0.25) is 0 Å². The third kappa shape index (κ3) is 3.45. The van der Waals surface area contributed by atoms with Crippen LogP contribution < -0.4 is 4.74 Å². The zero-order valence-corrected chi connectivity index (χ0v) is 9.84. The van der Waals surface area contributed by atoms with Crippen LogP contribution in [0.5, 0.6) is 5.75 Å². The van der Waals surface area contributed by atoms with Crippen molar-refractivity contribution >= 4 is 12.2 Å². The highest BCUT2D eigenvalue weighted by molar-refractivity contribution is 5.67. The van der Waals surface area contributed by atoms with E-state index in [4.69, 9.17) is 4.74 Å². The molecule has 86 valence electrons. The Morgan fingerprint density at radius 3 is 2.53 bits per heavy atom. The van der Waals surface area contributed by atoms with Gasteiger partial charge < -0.3 is 4.74 Å². The zero-order chi connectivity index (χ0) is 11.9. The summed E-state index contributed by atoms with van der Waals surface area (Å²) in [5.74, 6) is 0.810. The third-order valence-electron chi connectivity index (χ3n) is 2.32. The number of rotatable bonds is 4. The maximum atomic E-state index is 5.34. The summed E-state index contributed by atoms with van der Waals surface area (Å²) in [5.41, 5.74) is 2.10. The highest BCUT2D eigenvalue weighted by Gasteiger charge is 1.92. The predicted molar refractivity (Wildman–Crippen MR) is 70.8 cm³/mol. The summed E-state index contributed by atoms with van der Waals surface area (Å²) in [5, 5.41) is 0. The van der Waals surface area contributed by atoms with Crippen molar-refractivity contribution in [3.63, 3.8) is 0 Å². The third-order valence-corrected chi connectivity index (χ3v) is 2.32. The Morgan fingerprint density at radius 2 is 1.88 bits per heavy atom. The van der Waals surface area contributed by atoms with Crippen LogP contribution in [0.2, 0.25) is 0 Å². The first-order chi connectivity index (χ1) is 8.38. The number of pyridine rings is 1. The van der Waals surface area contributed by atoms with Crippen molar-refractivity contribution in [2.24, 2.45) is 0 Å². The highest BCUT2D eigenvalue weighted by atomic mass is 16.5. The van der Waals surface area contributed by atoms with Crippen LogP contribution in [-0.2, 0) is 0 Å². The van der Waals surface area contributed by atoms with E-state index in [0.29, 0.717) is 6.61 Å². The molecule has 0 aliphatic rings. The molecule has 0 N–H and O–H groups in total. The second-order valence-electron chi connectivity index (χ2n) is 3.60. The molecule has 17 heavy (non-hydrogen) atoms. The lowest BCUT2D eigenvalue weighted by molar-refractivity contribution is 0.339. The molecule has 0 amide bonds. The van der Waals surface area contributed by atoms with Gasteiger partial charge in [0.05, 0.1) is 18.5 Å². The lowest BCUT2D eigenvalue weighted by atomic mass is 10.2. The summed E-state index contributed by atoms with van der Waals surface area (Å²) in [6.45, 7) is 2.63. The minimum absolute atomic E-state index is 0.668. The summed E-state index contributed by atoms with van der Waals surface area (Å²) in [4.78, 5) is 4.30. The maximum absolute atomic E-state index is 5.34. The molecule has 0 radical (unpaired) electrons. The number of hydrogen-bond donors (Lipinski definition) is 0. The lowest BCUT2D eigenvalue weighted by Gasteiger charge is -2.01. The molecule has 1 aromatic carbocycles. The van der Waals surface area contributed by atoms with Crippen molar-refractivity contribution in [1.82, 2.24) is 4.98 Å². The Hall–Kier alpha value is -2.09. The van der Waals surface area contributed by atoms with Crippen molar-refractivity contribution in [1.29, 1.82) is 0 Å². The second kappa shape index (κ2) is 5.85. The molecule has 0 aliphatic carbocycles. The number of aromatic nitrogens is 1. The predicted octanol–water partition coefficient (Wildman–Crippen LogP) is 3.65. The molecule has 0 unspecified atom stereocenters. The highest BCUT2D eigenvalue weighted by Crippen LogP contribution is 2.11. The number of ether oxygens (including phenoxy) is 1. The van der Waals surface area contributed by atoms with Crippen molar-refractivity contribution < 1.29 is 4.74 Å². The van der Waals surface area contributed by atoms with Gasteiger partial charge in [0, 0.05) is 0 Å². The van der Waals surface area contributed by atoms with Crippen molar-refractivity contribution in [2.45, 2.75) is 6.92 Å². The Bertz CT molecular complexity index is 474. The maximum Gasteiger partial charge on any atom is 0.137 e. The van der Waals surface area contributed by atoms with E-state index in [-0.39, 0.29) is 0 Å². The van der Waals surface area contributed by atoms with Crippen molar-refractivity contribution in [3.8, 4) is 5.75 Å². The Labute approximate surface area is 102 Å². The average Bonchev–Trinajstić information content (AvgIpc) is 2.40. The fourth-order valence-electron chi connectivity index (χ4n) is 1.49. The molecule has 0 fully saturated rings. The standard InChI is InChI=1S/C15H15NO/c1-2-17-15-11-10-14(16-12-15)9-8-13-6-4-3-5-7-13/h3-12H,2H2,1H3/b9-8+. The van der Waals surface area contributed by atoms with E-state index in [1.807, 2.05) is 49.4 Å². The fourth-order valence-corrected chi connectivity index (χ4v) is 1.49. The van der Waals surface area contributed by atoms with Crippen molar-refractivity contribution in [3.05, 3.63) is 59.9 Å². The number of hydrogen-bond acceptors (Lipinski definition) is 2. The van der Waals surface area contributed by atoms with Crippen LogP contribution >= 0.6 is 0 Å². The first-order valence-corrected chi connectivity index (χ1v) is 5.70. The van der Waals surface area contributed by atoms with E-state index >= 15 is 0 Å². The van der Waals surface area contributed by atoms with Crippen LogP contribution in [0.25, 0.3) is 12.2 Å². The van der Waals surface area contributed by atoms with Gasteiger partial charge in [-0.2, -0.15) is 0 Å². The fraction of sp³-hybridized carbons (Fsp3) is 0.133. The van der Waals surface area contributed by atoms with Gasteiger partial charge in [0.1, 0.15) is 5.75 Å². The van der Waals surface area contributed by atoms with E-state index in [9.17, 15) is 0 Å². The van der Waals surface area contributed by atoms with Crippen molar-refractivity contribution in [2.75, 3.05) is 6.61 Å².